The lowest BCUT2D eigenvalue weighted by atomic mass is 10.0. The van der Waals surface area contributed by atoms with E-state index in [1.807, 2.05) is 0 Å². The fourth-order valence-corrected chi connectivity index (χ4v) is 4.59. The first-order valence-electron chi connectivity index (χ1n) is 9.05. The molecule has 30 heavy (non-hydrogen) atoms. The molecule has 0 aliphatic carbocycles. The molecule has 2 aromatic rings. The third kappa shape index (κ3) is 5.65. The summed E-state index contributed by atoms with van der Waals surface area (Å²) in [6, 6.07) is 8.86. The zero-order valence-corrected chi connectivity index (χ0v) is 18.0. The smallest absolute Gasteiger partial charge is 0.253 e. The van der Waals surface area contributed by atoms with Crippen molar-refractivity contribution >= 4 is 52.7 Å². The highest BCUT2D eigenvalue weighted by molar-refractivity contribution is 7.99. The molecule has 0 aromatic heterocycles. The minimum atomic E-state index is -0.533. The number of benzene rings is 2. The third-order valence-electron chi connectivity index (χ3n) is 4.39. The molecule has 1 heterocycles. The van der Waals surface area contributed by atoms with E-state index in [2.05, 4.69) is 16.0 Å². The average Bonchev–Trinajstić information content (AvgIpc) is 2.71. The van der Waals surface area contributed by atoms with Crippen molar-refractivity contribution in [2.45, 2.75) is 17.4 Å². The Kier molecular flexibility index (Phi) is 7.58. The number of thioether (sulfide) groups is 1. The molecule has 158 valence electrons. The molecular formula is C20H18Cl2FN3O3S. The van der Waals surface area contributed by atoms with E-state index < -0.39 is 17.7 Å². The molecule has 3 N–H and O–H groups in total. The predicted molar refractivity (Wildman–Crippen MR) is 114 cm³/mol. The molecule has 0 spiro atoms. The van der Waals surface area contributed by atoms with Gasteiger partial charge in [-0.25, -0.2) is 4.39 Å². The Bertz CT molecular complexity index is 990. The van der Waals surface area contributed by atoms with Crippen LogP contribution in [0.3, 0.4) is 0 Å². The number of carbonyl (C=O) groups is 3. The summed E-state index contributed by atoms with van der Waals surface area (Å²) < 4.78 is 13.9. The van der Waals surface area contributed by atoms with Gasteiger partial charge in [-0.3, -0.25) is 14.4 Å². The molecule has 1 aliphatic rings. The van der Waals surface area contributed by atoms with Crippen LogP contribution in [0.4, 0.5) is 4.39 Å². The molecule has 0 saturated heterocycles. The van der Waals surface area contributed by atoms with Crippen molar-refractivity contribution in [2.75, 3.05) is 18.8 Å². The van der Waals surface area contributed by atoms with Gasteiger partial charge in [-0.2, -0.15) is 0 Å². The van der Waals surface area contributed by atoms with Crippen molar-refractivity contribution < 1.29 is 18.8 Å². The highest BCUT2D eigenvalue weighted by Crippen LogP contribution is 2.37. The summed E-state index contributed by atoms with van der Waals surface area (Å²) in [5, 5.41) is 8.24. The fourth-order valence-electron chi connectivity index (χ4n) is 2.95. The van der Waals surface area contributed by atoms with E-state index in [0.29, 0.717) is 22.1 Å². The summed E-state index contributed by atoms with van der Waals surface area (Å²) in [7, 11) is 0. The van der Waals surface area contributed by atoms with Crippen molar-refractivity contribution in [3.05, 3.63) is 63.4 Å². The van der Waals surface area contributed by atoms with Crippen molar-refractivity contribution in [3.8, 4) is 0 Å². The van der Waals surface area contributed by atoms with Crippen molar-refractivity contribution in [1.82, 2.24) is 16.0 Å². The number of nitrogens with one attached hydrogen (secondary N) is 3. The van der Waals surface area contributed by atoms with Gasteiger partial charge in [0.05, 0.1) is 29.7 Å². The molecule has 3 rings (SSSR count). The van der Waals surface area contributed by atoms with Gasteiger partial charge in [0.1, 0.15) is 5.82 Å². The largest absolute Gasteiger partial charge is 0.348 e. The van der Waals surface area contributed by atoms with E-state index in [4.69, 9.17) is 23.2 Å². The minimum absolute atomic E-state index is 0.169. The lowest BCUT2D eigenvalue weighted by Gasteiger charge is -2.26. The standard InChI is InChI=1S/C20H18Cl2FN3O3S/c21-11-4-5-12(14(22)8-11)20(29)25-9-17(27)24-10-18(28)26-16-6-7-30-19-13(16)2-1-3-15(19)23/h1-5,8,16H,6-7,9-10H2,(H,24,27)(H,25,29)(H,26,28)/t16-/m0/s1. The highest BCUT2D eigenvalue weighted by Gasteiger charge is 2.24. The Morgan fingerprint density at radius 2 is 1.83 bits per heavy atom. The van der Waals surface area contributed by atoms with E-state index in [0.717, 1.165) is 5.56 Å². The zero-order valence-electron chi connectivity index (χ0n) is 15.6. The van der Waals surface area contributed by atoms with Gasteiger partial charge in [0.25, 0.3) is 5.91 Å². The van der Waals surface area contributed by atoms with Crippen molar-refractivity contribution in [1.29, 1.82) is 0 Å². The van der Waals surface area contributed by atoms with E-state index in [-0.39, 0.29) is 35.5 Å². The molecular weight excluding hydrogens is 452 g/mol. The molecule has 0 radical (unpaired) electrons. The minimum Gasteiger partial charge on any atom is -0.348 e. The van der Waals surface area contributed by atoms with Crippen LogP contribution in [-0.2, 0) is 9.59 Å². The van der Waals surface area contributed by atoms with Gasteiger partial charge in [0.2, 0.25) is 11.8 Å². The molecule has 6 nitrogen and oxygen atoms in total. The summed E-state index contributed by atoms with van der Waals surface area (Å²) in [5.74, 6) is -1.09. The summed E-state index contributed by atoms with van der Waals surface area (Å²) in [4.78, 5) is 36.8. The second-order valence-electron chi connectivity index (χ2n) is 6.50. The van der Waals surface area contributed by atoms with Crippen LogP contribution in [0.1, 0.15) is 28.4 Å². The number of fused-ring (bicyclic) bond motifs is 1. The van der Waals surface area contributed by atoms with Crippen LogP contribution in [0, 0.1) is 5.82 Å². The van der Waals surface area contributed by atoms with E-state index in [1.54, 1.807) is 12.1 Å². The Labute approximate surface area is 186 Å². The van der Waals surface area contributed by atoms with Crippen molar-refractivity contribution in [2.24, 2.45) is 0 Å². The highest BCUT2D eigenvalue weighted by atomic mass is 35.5. The summed E-state index contributed by atoms with van der Waals surface area (Å²) in [6.07, 6.45) is 0.665. The van der Waals surface area contributed by atoms with Gasteiger partial charge in [0.15, 0.2) is 0 Å². The summed E-state index contributed by atoms with van der Waals surface area (Å²) in [6.45, 7) is -0.579. The Hall–Kier alpha value is -2.29. The van der Waals surface area contributed by atoms with Crippen LogP contribution in [0.15, 0.2) is 41.3 Å². The molecule has 0 unspecified atom stereocenters. The Balaban J connectivity index is 1.46. The molecule has 0 bridgehead atoms. The van der Waals surface area contributed by atoms with Crippen LogP contribution in [0.25, 0.3) is 0 Å². The average molecular weight is 470 g/mol. The van der Waals surface area contributed by atoms with E-state index in [1.165, 1.54) is 36.0 Å². The first kappa shape index (κ1) is 22.4. The van der Waals surface area contributed by atoms with E-state index in [9.17, 15) is 18.8 Å². The van der Waals surface area contributed by atoms with Gasteiger partial charge in [-0.05, 0) is 36.2 Å². The van der Waals surface area contributed by atoms with Gasteiger partial charge in [-0.1, -0.05) is 35.3 Å². The molecule has 3 amide bonds. The fraction of sp³-hybridized carbons (Fsp3) is 0.250. The molecule has 0 fully saturated rings. The molecule has 2 aromatic carbocycles. The number of hydrogen-bond donors (Lipinski definition) is 3. The van der Waals surface area contributed by atoms with Gasteiger partial charge < -0.3 is 16.0 Å². The summed E-state index contributed by atoms with van der Waals surface area (Å²) >= 11 is 13.2. The Morgan fingerprint density at radius 3 is 2.60 bits per heavy atom. The quantitative estimate of drug-likeness (QED) is 0.605. The van der Waals surface area contributed by atoms with Crippen LogP contribution in [-0.4, -0.2) is 36.6 Å². The Morgan fingerprint density at radius 1 is 1.07 bits per heavy atom. The van der Waals surface area contributed by atoms with Gasteiger partial charge in [0, 0.05) is 15.7 Å². The van der Waals surface area contributed by atoms with Gasteiger partial charge in [-0.15, -0.1) is 11.8 Å². The molecule has 0 saturated carbocycles. The number of amides is 3. The predicted octanol–water partition coefficient (Wildman–Crippen LogP) is 3.33. The van der Waals surface area contributed by atoms with Crippen LogP contribution < -0.4 is 16.0 Å². The first-order valence-corrected chi connectivity index (χ1v) is 10.8. The maximum atomic E-state index is 13.9. The second kappa shape index (κ2) is 10.1. The van der Waals surface area contributed by atoms with Gasteiger partial charge >= 0.3 is 0 Å². The van der Waals surface area contributed by atoms with Crippen LogP contribution in [0.2, 0.25) is 10.0 Å². The molecule has 10 heteroatoms. The molecule has 1 aliphatic heterocycles. The number of hydrogen-bond acceptors (Lipinski definition) is 4. The monoisotopic (exact) mass is 469 g/mol. The van der Waals surface area contributed by atoms with Crippen molar-refractivity contribution in [3.63, 3.8) is 0 Å². The number of rotatable bonds is 6. The SMILES string of the molecule is O=C(CNC(=O)c1ccc(Cl)cc1Cl)NCC(=O)N[C@H]1CCSc2c(F)cccc21. The number of halogens is 3. The summed E-state index contributed by atoms with van der Waals surface area (Å²) in [5.41, 5.74) is 0.922. The third-order valence-corrected chi connectivity index (χ3v) is 6.10. The topological polar surface area (TPSA) is 87.3 Å². The van der Waals surface area contributed by atoms with Crippen LogP contribution in [0.5, 0.6) is 0 Å². The lowest BCUT2D eigenvalue weighted by Crippen LogP contribution is -2.43. The maximum absolute atomic E-state index is 13.9. The normalized spacial score (nSPS) is 15.1. The first-order chi connectivity index (χ1) is 14.3. The number of carbonyl (C=O) groups excluding carboxylic acids is 3. The second-order valence-corrected chi connectivity index (χ2v) is 8.45. The van der Waals surface area contributed by atoms with Crippen LogP contribution >= 0.6 is 35.0 Å². The lowest BCUT2D eigenvalue weighted by molar-refractivity contribution is -0.126. The van der Waals surface area contributed by atoms with E-state index >= 15 is 0 Å². The zero-order chi connectivity index (χ0) is 21.7. The molecule has 1 atom stereocenters. The maximum Gasteiger partial charge on any atom is 0.253 e.